The largest absolute Gasteiger partial charge is 0.481 e. The Bertz CT molecular complexity index is 500. The molecule has 1 amide bonds. The minimum absolute atomic E-state index is 0.0241. The Labute approximate surface area is 126 Å². The molecule has 0 radical (unpaired) electrons. The highest BCUT2D eigenvalue weighted by Crippen LogP contribution is 2.26. The first-order valence-electron chi connectivity index (χ1n) is 6.76. The molecule has 1 saturated heterocycles. The van der Waals surface area contributed by atoms with Crippen LogP contribution in [0.2, 0.25) is 0 Å². The van der Waals surface area contributed by atoms with E-state index >= 15 is 0 Å². The lowest BCUT2D eigenvalue weighted by molar-refractivity contribution is -0.140. The van der Waals surface area contributed by atoms with Crippen LogP contribution in [0.4, 0.5) is 0 Å². The Kier molecular flexibility index (Phi) is 4.81. The highest BCUT2D eigenvalue weighted by Gasteiger charge is 2.32. The summed E-state index contributed by atoms with van der Waals surface area (Å²) in [6.07, 6.45) is 1.71. The standard InChI is InChI=1S/C15H18BrNO3/c1-10(11-4-6-12(16)7-5-11)15(20)17-8-2-3-13(17)9-14(18)19/h4-7,10,13H,2-3,8-9H2,1H3,(H,18,19). The van der Waals surface area contributed by atoms with E-state index < -0.39 is 5.97 Å². The van der Waals surface area contributed by atoms with E-state index in [4.69, 9.17) is 5.11 Å². The fourth-order valence-electron chi connectivity index (χ4n) is 2.68. The summed E-state index contributed by atoms with van der Waals surface area (Å²) in [7, 11) is 0. The van der Waals surface area contributed by atoms with Crippen LogP contribution in [0.5, 0.6) is 0 Å². The van der Waals surface area contributed by atoms with Crippen molar-refractivity contribution in [3.05, 3.63) is 34.3 Å². The van der Waals surface area contributed by atoms with E-state index in [9.17, 15) is 9.59 Å². The van der Waals surface area contributed by atoms with Crippen LogP contribution in [-0.2, 0) is 9.59 Å². The molecule has 1 heterocycles. The normalized spacial score (nSPS) is 19.9. The first-order valence-corrected chi connectivity index (χ1v) is 7.56. The van der Waals surface area contributed by atoms with E-state index in [0.29, 0.717) is 6.54 Å². The number of hydrogen-bond donors (Lipinski definition) is 1. The second kappa shape index (κ2) is 6.39. The molecule has 1 fully saturated rings. The van der Waals surface area contributed by atoms with Gasteiger partial charge in [0.25, 0.3) is 0 Å². The number of hydrogen-bond acceptors (Lipinski definition) is 2. The van der Waals surface area contributed by atoms with Gasteiger partial charge in [0.15, 0.2) is 0 Å². The minimum Gasteiger partial charge on any atom is -0.481 e. The van der Waals surface area contributed by atoms with Crippen molar-refractivity contribution in [1.82, 2.24) is 4.90 Å². The van der Waals surface area contributed by atoms with Gasteiger partial charge in [-0.25, -0.2) is 0 Å². The van der Waals surface area contributed by atoms with Gasteiger partial charge in [-0.2, -0.15) is 0 Å². The van der Waals surface area contributed by atoms with Crippen molar-refractivity contribution < 1.29 is 14.7 Å². The molecule has 5 heteroatoms. The monoisotopic (exact) mass is 339 g/mol. The van der Waals surface area contributed by atoms with Crippen molar-refractivity contribution in [1.29, 1.82) is 0 Å². The maximum Gasteiger partial charge on any atom is 0.305 e. The SMILES string of the molecule is CC(C(=O)N1CCCC1CC(=O)O)c1ccc(Br)cc1. The van der Waals surface area contributed by atoms with Crippen LogP contribution in [-0.4, -0.2) is 34.5 Å². The molecule has 1 aliphatic heterocycles. The van der Waals surface area contributed by atoms with E-state index in [1.807, 2.05) is 31.2 Å². The van der Waals surface area contributed by atoms with Crippen LogP contribution < -0.4 is 0 Å². The molecule has 4 nitrogen and oxygen atoms in total. The van der Waals surface area contributed by atoms with Gasteiger partial charge < -0.3 is 10.0 Å². The van der Waals surface area contributed by atoms with Crippen LogP contribution in [0.15, 0.2) is 28.7 Å². The van der Waals surface area contributed by atoms with E-state index in [1.54, 1.807) is 4.90 Å². The molecular formula is C15H18BrNO3. The predicted molar refractivity (Wildman–Crippen MR) is 79.5 cm³/mol. The van der Waals surface area contributed by atoms with Gasteiger partial charge in [0, 0.05) is 17.1 Å². The molecule has 0 spiro atoms. The Morgan fingerprint density at radius 1 is 1.40 bits per heavy atom. The summed E-state index contributed by atoms with van der Waals surface area (Å²) in [5.74, 6) is -1.06. The molecule has 1 aliphatic rings. The number of aliphatic carboxylic acids is 1. The highest BCUT2D eigenvalue weighted by molar-refractivity contribution is 9.10. The minimum atomic E-state index is -0.842. The van der Waals surface area contributed by atoms with Gasteiger partial charge in [0.1, 0.15) is 0 Å². The highest BCUT2D eigenvalue weighted by atomic mass is 79.9. The average molecular weight is 340 g/mol. The van der Waals surface area contributed by atoms with Gasteiger partial charge in [-0.05, 0) is 37.5 Å². The maximum absolute atomic E-state index is 12.5. The van der Waals surface area contributed by atoms with Crippen LogP contribution in [0.1, 0.15) is 37.7 Å². The number of amides is 1. The summed E-state index contributed by atoms with van der Waals surface area (Å²) in [5.41, 5.74) is 0.958. The summed E-state index contributed by atoms with van der Waals surface area (Å²) in [6.45, 7) is 2.54. The summed E-state index contributed by atoms with van der Waals surface area (Å²) < 4.78 is 0.978. The summed E-state index contributed by atoms with van der Waals surface area (Å²) in [5, 5.41) is 8.92. The lowest BCUT2D eigenvalue weighted by atomic mass is 9.99. The van der Waals surface area contributed by atoms with Gasteiger partial charge in [0.2, 0.25) is 5.91 Å². The second-order valence-corrected chi connectivity index (χ2v) is 6.11. The topological polar surface area (TPSA) is 57.6 Å². The van der Waals surface area contributed by atoms with Gasteiger partial charge in [0.05, 0.1) is 12.3 Å². The summed E-state index contributed by atoms with van der Waals surface area (Å²) in [4.78, 5) is 25.1. The van der Waals surface area contributed by atoms with Gasteiger partial charge >= 0.3 is 5.97 Å². The molecule has 1 N–H and O–H groups in total. The molecule has 1 aromatic rings. The number of carboxylic acids is 1. The van der Waals surface area contributed by atoms with Gasteiger partial charge in [-0.3, -0.25) is 9.59 Å². The molecule has 108 valence electrons. The number of carbonyl (C=O) groups excluding carboxylic acids is 1. The number of halogens is 1. The Morgan fingerprint density at radius 3 is 2.65 bits per heavy atom. The lowest BCUT2D eigenvalue weighted by Crippen LogP contribution is -2.39. The number of nitrogens with zero attached hydrogens (tertiary/aromatic N) is 1. The number of benzene rings is 1. The third-order valence-corrected chi connectivity index (χ3v) is 4.34. The maximum atomic E-state index is 12.5. The molecule has 2 unspecified atom stereocenters. The quantitative estimate of drug-likeness (QED) is 0.917. The number of carbonyl (C=O) groups is 2. The fourth-order valence-corrected chi connectivity index (χ4v) is 2.95. The Hall–Kier alpha value is -1.36. The molecule has 0 bridgehead atoms. The molecule has 0 aromatic heterocycles. The third kappa shape index (κ3) is 3.39. The molecule has 1 aromatic carbocycles. The molecule has 0 aliphatic carbocycles. The van der Waals surface area contributed by atoms with Crippen LogP contribution >= 0.6 is 15.9 Å². The van der Waals surface area contributed by atoms with Crippen LogP contribution in [0, 0.1) is 0 Å². The van der Waals surface area contributed by atoms with Crippen molar-refractivity contribution in [3.63, 3.8) is 0 Å². The molecule has 0 saturated carbocycles. The molecular weight excluding hydrogens is 322 g/mol. The Balaban J connectivity index is 2.09. The number of rotatable bonds is 4. The van der Waals surface area contributed by atoms with Gasteiger partial charge in [-0.1, -0.05) is 28.1 Å². The summed E-state index contributed by atoms with van der Waals surface area (Å²) in [6, 6.07) is 7.53. The molecule has 20 heavy (non-hydrogen) atoms. The van der Waals surface area contributed by atoms with Crippen molar-refractivity contribution in [3.8, 4) is 0 Å². The van der Waals surface area contributed by atoms with Crippen LogP contribution in [0.3, 0.4) is 0 Å². The van der Waals surface area contributed by atoms with Crippen molar-refractivity contribution >= 4 is 27.8 Å². The zero-order chi connectivity index (χ0) is 14.7. The lowest BCUT2D eigenvalue weighted by Gasteiger charge is -2.26. The first kappa shape index (κ1) is 15.0. The zero-order valence-electron chi connectivity index (χ0n) is 11.4. The van der Waals surface area contributed by atoms with Crippen LogP contribution in [0.25, 0.3) is 0 Å². The second-order valence-electron chi connectivity index (χ2n) is 5.20. The number of likely N-dealkylation sites (tertiary alicyclic amines) is 1. The smallest absolute Gasteiger partial charge is 0.305 e. The van der Waals surface area contributed by atoms with E-state index in [1.165, 1.54) is 0 Å². The molecule has 2 atom stereocenters. The number of carboxylic acid groups (broad SMARTS) is 1. The third-order valence-electron chi connectivity index (χ3n) is 3.81. The zero-order valence-corrected chi connectivity index (χ0v) is 13.0. The van der Waals surface area contributed by atoms with Gasteiger partial charge in [-0.15, -0.1) is 0 Å². The first-order chi connectivity index (χ1) is 9.49. The van der Waals surface area contributed by atoms with E-state index in [0.717, 1.165) is 22.9 Å². The van der Waals surface area contributed by atoms with Crippen molar-refractivity contribution in [2.24, 2.45) is 0 Å². The van der Waals surface area contributed by atoms with Crippen molar-refractivity contribution in [2.45, 2.75) is 38.1 Å². The average Bonchev–Trinajstić information content (AvgIpc) is 2.85. The molecule has 2 rings (SSSR count). The fraction of sp³-hybridized carbons (Fsp3) is 0.467. The predicted octanol–water partition coefficient (Wildman–Crippen LogP) is 3.02. The summed E-state index contributed by atoms with van der Waals surface area (Å²) >= 11 is 3.37. The van der Waals surface area contributed by atoms with Crippen molar-refractivity contribution in [2.75, 3.05) is 6.54 Å². The Morgan fingerprint density at radius 2 is 2.05 bits per heavy atom. The van der Waals surface area contributed by atoms with E-state index in [2.05, 4.69) is 15.9 Å². The van der Waals surface area contributed by atoms with E-state index in [-0.39, 0.29) is 24.3 Å².